The molecule has 5 nitrogen and oxygen atoms in total. The van der Waals surface area contributed by atoms with Crippen LogP contribution in [0.5, 0.6) is 0 Å². The van der Waals surface area contributed by atoms with Gasteiger partial charge in [-0.1, -0.05) is 20.3 Å². The second kappa shape index (κ2) is 4.64. The van der Waals surface area contributed by atoms with Crippen LogP contribution in [-0.2, 0) is 0 Å². The van der Waals surface area contributed by atoms with Crippen LogP contribution in [0.3, 0.4) is 0 Å². The van der Waals surface area contributed by atoms with Gasteiger partial charge in [0.25, 0.3) is 6.01 Å². The van der Waals surface area contributed by atoms with Gasteiger partial charge in [0, 0.05) is 6.54 Å². The highest BCUT2D eigenvalue weighted by Gasteiger charge is 2.10. The number of aromatic nitrogens is 1. The fourth-order valence-electron chi connectivity index (χ4n) is 0.859. The molecule has 0 radical (unpaired) electrons. The molecule has 1 rings (SSSR count). The third-order valence-electron chi connectivity index (χ3n) is 2.02. The number of carbonyl (C=O) groups is 1. The smallest absolute Gasteiger partial charge is 0.357 e. The van der Waals surface area contributed by atoms with Crippen molar-refractivity contribution < 1.29 is 14.3 Å². The summed E-state index contributed by atoms with van der Waals surface area (Å²) in [5, 5.41) is 11.5. The Labute approximate surface area is 82.1 Å². The van der Waals surface area contributed by atoms with Crippen molar-refractivity contribution in [3.8, 4) is 0 Å². The van der Waals surface area contributed by atoms with Gasteiger partial charge in [0.1, 0.15) is 6.26 Å². The van der Waals surface area contributed by atoms with Crippen LogP contribution >= 0.6 is 0 Å². The van der Waals surface area contributed by atoms with E-state index in [-0.39, 0.29) is 11.7 Å². The Balaban J connectivity index is 2.48. The van der Waals surface area contributed by atoms with Crippen molar-refractivity contribution in [3.05, 3.63) is 12.0 Å². The largest absolute Gasteiger partial charge is 0.476 e. The zero-order valence-electron chi connectivity index (χ0n) is 8.28. The van der Waals surface area contributed by atoms with E-state index in [1.807, 2.05) is 0 Å². The van der Waals surface area contributed by atoms with Crippen molar-refractivity contribution in [1.82, 2.24) is 4.98 Å². The molecular formula is C9H14N2O3. The Morgan fingerprint density at radius 1 is 1.79 bits per heavy atom. The summed E-state index contributed by atoms with van der Waals surface area (Å²) in [7, 11) is 0. The molecule has 5 heteroatoms. The van der Waals surface area contributed by atoms with Crippen molar-refractivity contribution >= 4 is 12.0 Å². The van der Waals surface area contributed by atoms with Gasteiger partial charge < -0.3 is 14.8 Å². The number of carboxylic acid groups (broad SMARTS) is 1. The van der Waals surface area contributed by atoms with Gasteiger partial charge in [0.05, 0.1) is 0 Å². The maximum absolute atomic E-state index is 10.5. The zero-order chi connectivity index (χ0) is 10.6. The average molecular weight is 198 g/mol. The lowest BCUT2D eigenvalue weighted by Crippen LogP contribution is -2.10. The first-order valence-electron chi connectivity index (χ1n) is 4.56. The lowest BCUT2D eigenvalue weighted by Gasteiger charge is -2.07. The first kappa shape index (κ1) is 10.6. The molecule has 78 valence electrons. The first-order valence-corrected chi connectivity index (χ1v) is 4.56. The average Bonchev–Trinajstić information content (AvgIpc) is 2.62. The Morgan fingerprint density at radius 3 is 3.00 bits per heavy atom. The van der Waals surface area contributed by atoms with Gasteiger partial charge in [-0.15, -0.1) is 0 Å². The molecule has 2 N–H and O–H groups in total. The number of oxazole rings is 1. The number of rotatable bonds is 5. The molecule has 0 saturated heterocycles. The monoisotopic (exact) mass is 198 g/mol. The zero-order valence-corrected chi connectivity index (χ0v) is 8.28. The summed E-state index contributed by atoms with van der Waals surface area (Å²) in [5.41, 5.74) is -0.0725. The quantitative estimate of drug-likeness (QED) is 0.754. The van der Waals surface area contributed by atoms with E-state index in [1.165, 1.54) is 0 Å². The number of nitrogens with zero attached hydrogens (tertiary/aromatic N) is 1. The van der Waals surface area contributed by atoms with Gasteiger partial charge in [0.2, 0.25) is 0 Å². The van der Waals surface area contributed by atoms with Crippen molar-refractivity contribution in [2.75, 3.05) is 11.9 Å². The molecule has 0 saturated carbocycles. The lowest BCUT2D eigenvalue weighted by atomic mass is 10.1. The normalized spacial score (nSPS) is 12.4. The minimum absolute atomic E-state index is 0.0725. The molecular weight excluding hydrogens is 184 g/mol. The van der Waals surface area contributed by atoms with E-state index in [9.17, 15) is 4.79 Å². The van der Waals surface area contributed by atoms with E-state index < -0.39 is 5.97 Å². The van der Waals surface area contributed by atoms with Gasteiger partial charge in [-0.05, 0) is 5.92 Å². The van der Waals surface area contributed by atoms with E-state index in [0.717, 1.165) is 19.2 Å². The molecule has 0 fully saturated rings. The Hall–Kier alpha value is -1.52. The van der Waals surface area contributed by atoms with Crippen LogP contribution in [-0.4, -0.2) is 22.6 Å². The number of aromatic carboxylic acids is 1. The second-order valence-corrected chi connectivity index (χ2v) is 3.24. The molecule has 0 aliphatic heterocycles. The van der Waals surface area contributed by atoms with Crippen LogP contribution in [0, 0.1) is 5.92 Å². The lowest BCUT2D eigenvalue weighted by molar-refractivity contribution is 0.0690. The Morgan fingerprint density at radius 2 is 2.50 bits per heavy atom. The van der Waals surface area contributed by atoms with E-state index in [2.05, 4.69) is 24.1 Å². The maximum Gasteiger partial charge on any atom is 0.357 e. The highest BCUT2D eigenvalue weighted by atomic mass is 16.4. The predicted octanol–water partition coefficient (Wildman–Crippen LogP) is 1.83. The molecule has 0 aromatic carbocycles. The number of hydrogen-bond acceptors (Lipinski definition) is 4. The van der Waals surface area contributed by atoms with Gasteiger partial charge in [-0.2, -0.15) is 4.98 Å². The molecule has 0 amide bonds. The highest BCUT2D eigenvalue weighted by molar-refractivity contribution is 5.85. The number of hydrogen-bond donors (Lipinski definition) is 2. The summed E-state index contributed by atoms with van der Waals surface area (Å²) in [4.78, 5) is 14.2. The SMILES string of the molecule is CCC(C)CNc1nc(C(=O)O)co1. The van der Waals surface area contributed by atoms with Crippen LogP contribution in [0.1, 0.15) is 30.8 Å². The Bertz CT molecular complexity index is 309. The number of anilines is 1. The van der Waals surface area contributed by atoms with E-state index in [4.69, 9.17) is 9.52 Å². The van der Waals surface area contributed by atoms with Crippen molar-refractivity contribution in [2.45, 2.75) is 20.3 Å². The summed E-state index contributed by atoms with van der Waals surface area (Å²) in [6.45, 7) is 4.91. The van der Waals surface area contributed by atoms with Crippen LogP contribution in [0.2, 0.25) is 0 Å². The number of carboxylic acids is 1. The van der Waals surface area contributed by atoms with Crippen molar-refractivity contribution in [1.29, 1.82) is 0 Å². The summed E-state index contributed by atoms with van der Waals surface area (Å²) < 4.78 is 4.92. The minimum atomic E-state index is -1.08. The van der Waals surface area contributed by atoms with Gasteiger partial charge in [-0.3, -0.25) is 0 Å². The molecule has 1 unspecified atom stereocenters. The predicted molar refractivity (Wildman–Crippen MR) is 51.4 cm³/mol. The fraction of sp³-hybridized carbons (Fsp3) is 0.556. The van der Waals surface area contributed by atoms with Crippen LogP contribution in [0.15, 0.2) is 10.7 Å². The summed E-state index contributed by atoms with van der Waals surface area (Å²) in [6.07, 6.45) is 2.18. The standard InChI is InChI=1S/C9H14N2O3/c1-3-6(2)4-10-9-11-7(5-14-9)8(12)13/h5-6H,3-4H2,1-2H3,(H,10,11)(H,12,13). The van der Waals surface area contributed by atoms with Crippen molar-refractivity contribution in [3.63, 3.8) is 0 Å². The van der Waals surface area contributed by atoms with Gasteiger partial charge >= 0.3 is 5.97 Å². The molecule has 14 heavy (non-hydrogen) atoms. The summed E-state index contributed by atoms with van der Waals surface area (Å²) >= 11 is 0. The first-order chi connectivity index (χ1) is 6.63. The molecule has 1 aromatic rings. The van der Waals surface area contributed by atoms with Crippen LogP contribution < -0.4 is 5.32 Å². The minimum Gasteiger partial charge on any atom is -0.476 e. The van der Waals surface area contributed by atoms with Crippen LogP contribution in [0.4, 0.5) is 6.01 Å². The molecule has 1 heterocycles. The second-order valence-electron chi connectivity index (χ2n) is 3.24. The third kappa shape index (κ3) is 2.76. The van der Waals surface area contributed by atoms with Crippen LogP contribution in [0.25, 0.3) is 0 Å². The molecule has 1 atom stereocenters. The molecule has 0 bridgehead atoms. The van der Waals surface area contributed by atoms with E-state index in [1.54, 1.807) is 0 Å². The molecule has 0 aliphatic carbocycles. The summed E-state index contributed by atoms with van der Waals surface area (Å²) in [5.74, 6) is -0.569. The van der Waals surface area contributed by atoms with Gasteiger partial charge in [-0.25, -0.2) is 4.79 Å². The van der Waals surface area contributed by atoms with Crippen molar-refractivity contribution in [2.24, 2.45) is 5.92 Å². The third-order valence-corrected chi connectivity index (χ3v) is 2.02. The Kier molecular flexibility index (Phi) is 3.50. The fourth-order valence-corrected chi connectivity index (χ4v) is 0.859. The van der Waals surface area contributed by atoms with E-state index >= 15 is 0 Å². The highest BCUT2D eigenvalue weighted by Crippen LogP contribution is 2.09. The van der Waals surface area contributed by atoms with Gasteiger partial charge in [0.15, 0.2) is 5.69 Å². The number of nitrogens with one attached hydrogen (secondary N) is 1. The topological polar surface area (TPSA) is 75.4 Å². The summed E-state index contributed by atoms with van der Waals surface area (Å²) in [6, 6.07) is 0.266. The molecule has 0 spiro atoms. The molecule has 1 aromatic heterocycles. The maximum atomic E-state index is 10.5. The van der Waals surface area contributed by atoms with E-state index in [0.29, 0.717) is 5.92 Å². The molecule has 0 aliphatic rings.